The molecule has 1 N–H and O–H groups in total. The molecule has 0 amide bonds. The fraction of sp³-hybridized carbons (Fsp3) is 0.900. The summed E-state index contributed by atoms with van der Waals surface area (Å²) < 4.78 is 0. The maximum atomic E-state index is 5.29. The lowest BCUT2D eigenvalue weighted by Crippen LogP contribution is -2.44. The molecule has 1 unspecified atom stereocenters. The maximum Gasteiger partial charge on any atom is 0.169 e. The van der Waals surface area contributed by atoms with E-state index in [-0.39, 0.29) is 0 Å². The Morgan fingerprint density at radius 2 is 2.00 bits per heavy atom. The Labute approximate surface area is 97.8 Å². The van der Waals surface area contributed by atoms with Gasteiger partial charge in [-0.3, -0.25) is 0 Å². The molecule has 0 aliphatic carbocycles. The molecule has 84 valence electrons. The van der Waals surface area contributed by atoms with E-state index in [1.165, 1.54) is 12.2 Å². The summed E-state index contributed by atoms with van der Waals surface area (Å²) in [6.45, 7) is 6.42. The number of thiocarbonyl (C=S) groups is 1. The van der Waals surface area contributed by atoms with Crippen molar-refractivity contribution in [3.8, 4) is 0 Å². The van der Waals surface area contributed by atoms with Gasteiger partial charge in [-0.15, -0.1) is 0 Å². The predicted octanol–water partition coefficient (Wildman–Crippen LogP) is 2.34. The molecule has 0 radical (unpaired) electrons. The summed E-state index contributed by atoms with van der Waals surface area (Å²) >= 11 is 7.17. The van der Waals surface area contributed by atoms with E-state index in [1.54, 1.807) is 0 Å². The van der Waals surface area contributed by atoms with E-state index in [0.29, 0.717) is 12.1 Å². The Bertz CT molecular complexity index is 172. The summed E-state index contributed by atoms with van der Waals surface area (Å²) in [4.78, 5) is 2.14. The molecule has 4 heteroatoms. The summed E-state index contributed by atoms with van der Waals surface area (Å²) in [6.07, 6.45) is 3.31. The number of rotatable bonds is 5. The van der Waals surface area contributed by atoms with E-state index in [4.69, 9.17) is 12.2 Å². The van der Waals surface area contributed by atoms with Gasteiger partial charge in [-0.25, -0.2) is 0 Å². The van der Waals surface area contributed by atoms with Crippen LogP contribution in [0.4, 0.5) is 0 Å². The second-order valence-electron chi connectivity index (χ2n) is 3.85. The van der Waals surface area contributed by atoms with Crippen LogP contribution >= 0.6 is 24.0 Å². The SMILES string of the molecule is CSCCC(C)N(C)C(=S)NC(C)C. The van der Waals surface area contributed by atoms with Crippen molar-refractivity contribution in [1.29, 1.82) is 0 Å². The maximum absolute atomic E-state index is 5.29. The average molecular weight is 234 g/mol. The molecule has 0 saturated heterocycles. The summed E-state index contributed by atoms with van der Waals surface area (Å²) in [5, 5.41) is 4.11. The normalized spacial score (nSPS) is 12.7. The van der Waals surface area contributed by atoms with Crippen molar-refractivity contribution in [2.24, 2.45) is 0 Å². The Morgan fingerprint density at radius 1 is 1.43 bits per heavy atom. The minimum absolute atomic E-state index is 0.415. The molecule has 0 bridgehead atoms. The molecule has 0 heterocycles. The van der Waals surface area contributed by atoms with Gasteiger partial charge in [0.2, 0.25) is 0 Å². The van der Waals surface area contributed by atoms with Crippen LogP contribution in [0.2, 0.25) is 0 Å². The summed E-state index contributed by atoms with van der Waals surface area (Å²) in [5.41, 5.74) is 0. The van der Waals surface area contributed by atoms with Crippen LogP contribution in [0, 0.1) is 0 Å². The molecule has 1 atom stereocenters. The predicted molar refractivity (Wildman–Crippen MR) is 71.1 cm³/mol. The van der Waals surface area contributed by atoms with Crippen molar-refractivity contribution in [2.45, 2.75) is 39.3 Å². The molecule has 0 spiro atoms. The highest BCUT2D eigenvalue weighted by Gasteiger charge is 2.12. The van der Waals surface area contributed by atoms with Crippen LogP contribution in [0.3, 0.4) is 0 Å². The Hall–Kier alpha value is 0.0400. The standard InChI is InChI=1S/C10H22N2S2/c1-8(2)11-10(13)12(4)9(3)6-7-14-5/h8-9H,6-7H2,1-5H3,(H,11,13). The third-order valence-electron chi connectivity index (χ3n) is 2.13. The zero-order valence-corrected chi connectivity index (χ0v) is 11.5. The third kappa shape index (κ3) is 5.70. The van der Waals surface area contributed by atoms with Crippen molar-refractivity contribution < 1.29 is 0 Å². The fourth-order valence-electron chi connectivity index (χ4n) is 1.03. The van der Waals surface area contributed by atoms with Gasteiger partial charge < -0.3 is 10.2 Å². The van der Waals surface area contributed by atoms with Crippen LogP contribution in [0.15, 0.2) is 0 Å². The van der Waals surface area contributed by atoms with Crippen LogP contribution < -0.4 is 5.32 Å². The Balaban J connectivity index is 3.90. The summed E-state index contributed by atoms with van der Waals surface area (Å²) in [6, 6.07) is 0.930. The van der Waals surface area contributed by atoms with Crippen LogP contribution in [0.25, 0.3) is 0 Å². The van der Waals surface area contributed by atoms with Crippen molar-refractivity contribution >= 4 is 29.1 Å². The van der Waals surface area contributed by atoms with Crippen molar-refractivity contribution in [1.82, 2.24) is 10.2 Å². The highest BCUT2D eigenvalue weighted by molar-refractivity contribution is 7.98. The fourth-order valence-corrected chi connectivity index (χ4v) is 2.02. The Morgan fingerprint density at radius 3 is 2.43 bits per heavy atom. The second-order valence-corrected chi connectivity index (χ2v) is 5.22. The van der Waals surface area contributed by atoms with E-state index in [0.717, 1.165) is 5.11 Å². The molecule has 0 saturated carbocycles. The van der Waals surface area contributed by atoms with Crippen molar-refractivity contribution in [3.05, 3.63) is 0 Å². The quantitative estimate of drug-likeness (QED) is 0.734. The molecule has 0 rings (SSSR count). The van der Waals surface area contributed by atoms with Gasteiger partial charge in [-0.1, -0.05) is 0 Å². The molecular formula is C10H22N2S2. The highest BCUT2D eigenvalue weighted by atomic mass is 32.2. The number of hydrogen-bond acceptors (Lipinski definition) is 2. The van der Waals surface area contributed by atoms with E-state index < -0.39 is 0 Å². The molecule has 0 aromatic heterocycles. The zero-order valence-electron chi connectivity index (χ0n) is 9.83. The third-order valence-corrected chi connectivity index (χ3v) is 3.18. The van der Waals surface area contributed by atoms with E-state index in [9.17, 15) is 0 Å². The van der Waals surface area contributed by atoms with Crippen LogP contribution in [0.5, 0.6) is 0 Å². The minimum Gasteiger partial charge on any atom is -0.360 e. The molecule has 0 aromatic rings. The minimum atomic E-state index is 0.415. The van der Waals surface area contributed by atoms with Gasteiger partial charge in [0, 0.05) is 19.1 Å². The molecular weight excluding hydrogens is 212 g/mol. The molecule has 14 heavy (non-hydrogen) atoms. The van der Waals surface area contributed by atoms with Crippen LogP contribution in [0.1, 0.15) is 27.2 Å². The van der Waals surface area contributed by atoms with E-state index in [2.05, 4.69) is 44.3 Å². The largest absolute Gasteiger partial charge is 0.360 e. The smallest absolute Gasteiger partial charge is 0.169 e. The molecule has 0 aliphatic heterocycles. The zero-order chi connectivity index (χ0) is 11.1. The first-order valence-electron chi connectivity index (χ1n) is 5.01. The molecule has 0 aliphatic rings. The van der Waals surface area contributed by atoms with E-state index >= 15 is 0 Å². The molecule has 0 fully saturated rings. The highest BCUT2D eigenvalue weighted by Crippen LogP contribution is 2.06. The Kier molecular flexibility index (Phi) is 7.37. The lowest BCUT2D eigenvalue weighted by molar-refractivity contribution is 0.374. The number of nitrogens with one attached hydrogen (secondary N) is 1. The van der Waals surface area contributed by atoms with Gasteiger partial charge in [0.05, 0.1) is 0 Å². The van der Waals surface area contributed by atoms with Gasteiger partial charge in [0.25, 0.3) is 0 Å². The second kappa shape index (κ2) is 7.35. The monoisotopic (exact) mass is 234 g/mol. The first-order valence-corrected chi connectivity index (χ1v) is 6.81. The molecule has 0 aromatic carbocycles. The number of thioether (sulfide) groups is 1. The lowest BCUT2D eigenvalue weighted by Gasteiger charge is -2.28. The van der Waals surface area contributed by atoms with Crippen LogP contribution in [-0.4, -0.2) is 41.2 Å². The van der Waals surface area contributed by atoms with Gasteiger partial charge >= 0.3 is 0 Å². The van der Waals surface area contributed by atoms with Crippen molar-refractivity contribution in [2.75, 3.05) is 19.1 Å². The van der Waals surface area contributed by atoms with Gasteiger partial charge in [-0.05, 0) is 51.4 Å². The topological polar surface area (TPSA) is 15.3 Å². The summed E-state index contributed by atoms with van der Waals surface area (Å²) in [5.74, 6) is 1.19. The average Bonchev–Trinajstić information content (AvgIpc) is 2.11. The lowest BCUT2D eigenvalue weighted by atomic mass is 10.2. The molecule has 2 nitrogen and oxygen atoms in total. The van der Waals surface area contributed by atoms with Gasteiger partial charge in [0.15, 0.2) is 5.11 Å². The number of hydrogen-bond donors (Lipinski definition) is 1. The first kappa shape index (κ1) is 14.0. The van der Waals surface area contributed by atoms with Crippen LogP contribution in [-0.2, 0) is 0 Å². The summed E-state index contributed by atoms with van der Waals surface area (Å²) in [7, 11) is 2.06. The first-order chi connectivity index (χ1) is 6.49. The van der Waals surface area contributed by atoms with Gasteiger partial charge in [-0.2, -0.15) is 11.8 Å². The van der Waals surface area contributed by atoms with E-state index in [1.807, 2.05) is 11.8 Å². The van der Waals surface area contributed by atoms with Crippen molar-refractivity contribution in [3.63, 3.8) is 0 Å². The van der Waals surface area contributed by atoms with Gasteiger partial charge in [0.1, 0.15) is 0 Å². The number of nitrogens with zero attached hydrogens (tertiary/aromatic N) is 1.